The van der Waals surface area contributed by atoms with Crippen molar-refractivity contribution in [2.24, 2.45) is 4.99 Å². The number of hydrogen-bond donors (Lipinski definition) is 2. The lowest BCUT2D eigenvalue weighted by molar-refractivity contribution is -0.143. The number of hydrogen-bond acceptors (Lipinski definition) is 4. The molecule has 7 nitrogen and oxygen atoms in total. The third-order valence-corrected chi connectivity index (χ3v) is 4.12. The van der Waals surface area contributed by atoms with E-state index in [2.05, 4.69) is 20.3 Å². The summed E-state index contributed by atoms with van der Waals surface area (Å²) in [5, 5.41) is 9.31. The Hall–Kier alpha value is -3.51. The molecular formula is C17H12F6N6O. The monoisotopic (exact) mass is 430 g/mol. The Bertz CT molecular complexity index is 971. The van der Waals surface area contributed by atoms with Crippen LogP contribution in [-0.2, 0) is 12.4 Å². The number of halogens is 6. The summed E-state index contributed by atoms with van der Waals surface area (Å²) in [7, 11) is 0. The second kappa shape index (κ2) is 7.72. The van der Waals surface area contributed by atoms with Crippen molar-refractivity contribution in [3.8, 4) is 0 Å². The van der Waals surface area contributed by atoms with E-state index in [4.69, 9.17) is 5.41 Å². The summed E-state index contributed by atoms with van der Waals surface area (Å²) in [5.41, 5.74) is -3.72. The highest BCUT2D eigenvalue weighted by Gasteiger charge is 2.38. The van der Waals surface area contributed by atoms with Crippen molar-refractivity contribution in [2.75, 3.05) is 11.4 Å². The maximum atomic E-state index is 13.0. The number of amides is 1. The number of rotatable bonds is 4. The molecule has 0 radical (unpaired) electrons. The third-order valence-electron chi connectivity index (χ3n) is 4.12. The molecule has 2 heterocycles. The molecule has 13 heteroatoms. The lowest BCUT2D eigenvalue weighted by Gasteiger charge is -2.16. The number of carbonyl (C=O) groups is 1. The van der Waals surface area contributed by atoms with Crippen LogP contribution in [0.1, 0.15) is 33.2 Å². The van der Waals surface area contributed by atoms with E-state index in [0.717, 1.165) is 6.34 Å². The first-order chi connectivity index (χ1) is 14.0. The summed E-state index contributed by atoms with van der Waals surface area (Å²) in [5.74, 6) is -0.854. The molecule has 158 valence electrons. The number of aliphatic imine (C=N–C) groups is 1. The van der Waals surface area contributed by atoms with Crippen molar-refractivity contribution in [1.29, 1.82) is 5.41 Å². The number of aromatic nitrogens is 2. The average Bonchev–Trinajstić information content (AvgIpc) is 3.02. The van der Waals surface area contributed by atoms with Crippen LogP contribution in [0.5, 0.6) is 0 Å². The van der Waals surface area contributed by atoms with Crippen LogP contribution in [0, 0.1) is 5.41 Å². The normalized spacial score (nSPS) is 16.6. The molecule has 0 saturated heterocycles. The quantitative estimate of drug-likeness (QED) is 0.442. The molecule has 3 rings (SSSR count). The van der Waals surface area contributed by atoms with E-state index < -0.39 is 41.0 Å². The van der Waals surface area contributed by atoms with Gasteiger partial charge in [0.25, 0.3) is 5.91 Å². The second-order valence-corrected chi connectivity index (χ2v) is 6.13. The molecule has 1 atom stereocenters. The van der Waals surface area contributed by atoms with Crippen LogP contribution in [0.4, 0.5) is 32.2 Å². The van der Waals surface area contributed by atoms with Crippen LogP contribution in [0.15, 0.2) is 35.6 Å². The number of nitrogens with zero attached hydrogens (tertiary/aromatic N) is 4. The van der Waals surface area contributed by atoms with Gasteiger partial charge in [0.1, 0.15) is 12.0 Å². The van der Waals surface area contributed by atoms with E-state index in [0.29, 0.717) is 12.1 Å². The van der Waals surface area contributed by atoms with Gasteiger partial charge in [0.2, 0.25) is 0 Å². The summed E-state index contributed by atoms with van der Waals surface area (Å²) < 4.78 is 78.1. The van der Waals surface area contributed by atoms with Gasteiger partial charge in [0.05, 0.1) is 30.1 Å². The van der Waals surface area contributed by atoms with E-state index in [1.165, 1.54) is 23.6 Å². The number of alkyl halides is 6. The van der Waals surface area contributed by atoms with Gasteiger partial charge in [-0.1, -0.05) is 0 Å². The molecule has 1 aromatic heterocycles. The van der Waals surface area contributed by atoms with Crippen LogP contribution in [0.2, 0.25) is 0 Å². The molecule has 1 aromatic carbocycles. The predicted octanol–water partition coefficient (Wildman–Crippen LogP) is 3.44. The number of carbonyl (C=O) groups excluding carboxylic acids is 1. The third kappa shape index (κ3) is 4.39. The fraction of sp³-hybridized carbons (Fsp3) is 0.235. The van der Waals surface area contributed by atoms with Gasteiger partial charge in [-0.25, -0.2) is 9.98 Å². The molecule has 0 bridgehead atoms. The topological polar surface area (TPSA) is 94.3 Å². The van der Waals surface area contributed by atoms with Crippen molar-refractivity contribution < 1.29 is 31.1 Å². The lowest BCUT2D eigenvalue weighted by atomic mass is 10.0. The summed E-state index contributed by atoms with van der Waals surface area (Å²) in [6.07, 6.45) is -5.47. The number of anilines is 1. The zero-order chi connectivity index (χ0) is 22.1. The zero-order valence-corrected chi connectivity index (χ0v) is 14.8. The molecule has 1 amide bonds. The molecule has 1 aliphatic rings. The molecule has 1 aliphatic heterocycles. The molecule has 2 N–H and O–H groups in total. The average molecular weight is 430 g/mol. The van der Waals surface area contributed by atoms with E-state index in [9.17, 15) is 31.1 Å². The Morgan fingerprint density at radius 2 is 1.70 bits per heavy atom. The number of fused-ring (bicyclic) bond motifs is 1. The van der Waals surface area contributed by atoms with Crippen molar-refractivity contribution in [2.45, 2.75) is 18.4 Å². The predicted molar refractivity (Wildman–Crippen MR) is 93.3 cm³/mol. The van der Waals surface area contributed by atoms with E-state index in [1.807, 2.05) is 0 Å². The van der Waals surface area contributed by atoms with E-state index >= 15 is 0 Å². The van der Waals surface area contributed by atoms with Crippen molar-refractivity contribution >= 4 is 24.4 Å². The van der Waals surface area contributed by atoms with Crippen molar-refractivity contribution in [1.82, 2.24) is 15.3 Å². The fourth-order valence-corrected chi connectivity index (χ4v) is 2.84. The standard InChI is InChI=1S/C17H12F6N6O/c18-16(19,20)10-3-9(4-11(5-10)17(21,22)23)15(30)28-12-6-29(8-25-7-24)14-13(12)26-1-2-27-14/h1-5,7-8,12,24H,6H2,(H,28,30). The van der Waals surface area contributed by atoms with Gasteiger partial charge in [-0.15, -0.1) is 0 Å². The van der Waals surface area contributed by atoms with Gasteiger partial charge in [-0.3, -0.25) is 15.2 Å². The number of benzene rings is 1. The molecule has 0 saturated carbocycles. The summed E-state index contributed by atoms with van der Waals surface area (Å²) in [6.45, 7) is 0.0213. The second-order valence-electron chi connectivity index (χ2n) is 6.13. The highest BCUT2D eigenvalue weighted by molar-refractivity contribution is 5.95. The molecule has 30 heavy (non-hydrogen) atoms. The minimum atomic E-state index is -5.07. The number of nitrogens with one attached hydrogen (secondary N) is 2. The van der Waals surface area contributed by atoms with Crippen LogP contribution >= 0.6 is 0 Å². The summed E-state index contributed by atoms with van der Waals surface area (Å²) in [6, 6.07) is -0.221. The van der Waals surface area contributed by atoms with Gasteiger partial charge in [0.15, 0.2) is 5.82 Å². The minimum Gasteiger partial charge on any atom is -0.342 e. The van der Waals surface area contributed by atoms with Crippen LogP contribution < -0.4 is 10.2 Å². The smallest absolute Gasteiger partial charge is 0.342 e. The first kappa shape index (κ1) is 21.2. The van der Waals surface area contributed by atoms with Crippen molar-refractivity contribution in [3.63, 3.8) is 0 Å². The minimum absolute atomic E-state index is 0.0213. The van der Waals surface area contributed by atoms with E-state index in [-0.39, 0.29) is 24.1 Å². The van der Waals surface area contributed by atoms with Crippen LogP contribution in [0.25, 0.3) is 0 Å². The highest BCUT2D eigenvalue weighted by atomic mass is 19.4. The van der Waals surface area contributed by atoms with Crippen LogP contribution in [0.3, 0.4) is 0 Å². The van der Waals surface area contributed by atoms with Gasteiger partial charge in [-0.2, -0.15) is 26.3 Å². The molecule has 0 spiro atoms. The first-order valence-electron chi connectivity index (χ1n) is 8.21. The first-order valence-corrected chi connectivity index (χ1v) is 8.21. The Labute approximate surface area is 165 Å². The van der Waals surface area contributed by atoms with Gasteiger partial charge in [0, 0.05) is 18.0 Å². The van der Waals surface area contributed by atoms with Gasteiger partial charge in [-0.05, 0) is 18.2 Å². The Balaban J connectivity index is 1.93. The highest BCUT2D eigenvalue weighted by Crippen LogP contribution is 2.37. The lowest BCUT2D eigenvalue weighted by Crippen LogP contribution is -2.33. The van der Waals surface area contributed by atoms with Crippen LogP contribution in [-0.4, -0.2) is 35.1 Å². The van der Waals surface area contributed by atoms with Gasteiger partial charge < -0.3 is 10.2 Å². The summed E-state index contributed by atoms with van der Waals surface area (Å²) in [4.78, 5) is 25.7. The maximum Gasteiger partial charge on any atom is 0.416 e. The SMILES string of the molecule is N=CN=CN1CC(NC(=O)c2cc(C(F)(F)F)cc(C(F)(F)F)c2)c2nccnc21. The molecule has 2 aromatic rings. The Morgan fingerprint density at radius 1 is 1.10 bits per heavy atom. The molecule has 1 unspecified atom stereocenters. The Morgan fingerprint density at radius 3 is 2.27 bits per heavy atom. The summed E-state index contributed by atoms with van der Waals surface area (Å²) >= 11 is 0. The zero-order valence-electron chi connectivity index (χ0n) is 14.8. The maximum absolute atomic E-state index is 13.0. The van der Waals surface area contributed by atoms with Gasteiger partial charge >= 0.3 is 12.4 Å². The fourth-order valence-electron chi connectivity index (χ4n) is 2.84. The molecule has 0 fully saturated rings. The van der Waals surface area contributed by atoms with Crippen molar-refractivity contribution in [3.05, 3.63) is 53.0 Å². The molecule has 0 aliphatic carbocycles. The van der Waals surface area contributed by atoms with E-state index in [1.54, 1.807) is 0 Å². The Kier molecular flexibility index (Phi) is 5.46. The largest absolute Gasteiger partial charge is 0.416 e. The molecular weight excluding hydrogens is 418 g/mol.